The summed E-state index contributed by atoms with van der Waals surface area (Å²) in [4.78, 5) is 35.6. The second-order valence-electron chi connectivity index (χ2n) is 10.3. The number of ether oxygens (including phenoxy) is 1. The molecule has 8 nitrogen and oxygen atoms in total. The van der Waals surface area contributed by atoms with E-state index in [1.807, 2.05) is 62.4 Å². The molecule has 38 heavy (non-hydrogen) atoms. The minimum atomic E-state index is -0.458. The summed E-state index contributed by atoms with van der Waals surface area (Å²) < 4.78 is 6.05. The molecule has 2 N–H and O–H groups in total. The number of carbonyl (C=O) groups is 2. The monoisotopic (exact) mass is 529 g/mol. The number of para-hydroxylation sites is 1. The van der Waals surface area contributed by atoms with Crippen LogP contribution < -0.4 is 20.3 Å². The molecule has 1 fully saturated rings. The van der Waals surface area contributed by atoms with Gasteiger partial charge < -0.3 is 20.3 Å². The third-order valence-corrected chi connectivity index (χ3v) is 8.69. The van der Waals surface area contributed by atoms with Crippen LogP contribution in [-0.4, -0.2) is 53.3 Å². The van der Waals surface area contributed by atoms with Gasteiger partial charge in [0.2, 0.25) is 5.91 Å². The first-order chi connectivity index (χ1) is 18.4. The lowest BCUT2D eigenvalue weighted by Gasteiger charge is -2.36. The van der Waals surface area contributed by atoms with Crippen molar-refractivity contribution >= 4 is 35.1 Å². The number of likely N-dealkylation sites (tertiary alicyclic amines) is 1. The van der Waals surface area contributed by atoms with Gasteiger partial charge in [-0.1, -0.05) is 30.0 Å². The Morgan fingerprint density at radius 3 is 2.63 bits per heavy atom. The first kappa shape index (κ1) is 24.8. The van der Waals surface area contributed by atoms with Gasteiger partial charge in [-0.25, -0.2) is 9.78 Å². The summed E-state index contributed by atoms with van der Waals surface area (Å²) in [6.45, 7) is 5.85. The van der Waals surface area contributed by atoms with Crippen LogP contribution in [0.1, 0.15) is 35.6 Å². The van der Waals surface area contributed by atoms with Gasteiger partial charge in [-0.15, -0.1) is 0 Å². The SMILES string of the molecule is Cc1cc(Oc2ccccc2)cc(C)c1N1C(=O)NC2c3c1ccnc3S[C@H]2C(=O)NC1CCCN(C)C1. The number of amides is 3. The lowest BCUT2D eigenvalue weighted by Crippen LogP contribution is -2.52. The molecule has 1 saturated heterocycles. The van der Waals surface area contributed by atoms with E-state index in [0.717, 1.165) is 64.8 Å². The number of pyridine rings is 1. The predicted octanol–water partition coefficient (Wildman–Crippen LogP) is 5.08. The fourth-order valence-corrected chi connectivity index (χ4v) is 7.00. The topological polar surface area (TPSA) is 86.8 Å². The fraction of sp³-hybridized carbons (Fsp3) is 0.345. The molecule has 3 atom stereocenters. The minimum Gasteiger partial charge on any atom is -0.457 e. The largest absolute Gasteiger partial charge is 0.457 e. The van der Waals surface area contributed by atoms with Crippen LogP contribution in [-0.2, 0) is 4.79 Å². The molecule has 0 spiro atoms. The van der Waals surface area contributed by atoms with Gasteiger partial charge in [0.15, 0.2) is 0 Å². The summed E-state index contributed by atoms with van der Waals surface area (Å²) in [5.41, 5.74) is 4.30. The van der Waals surface area contributed by atoms with Crippen LogP contribution in [0.5, 0.6) is 11.5 Å². The normalized spacial score (nSPS) is 22.6. The summed E-state index contributed by atoms with van der Waals surface area (Å²) >= 11 is 1.43. The predicted molar refractivity (Wildman–Crippen MR) is 148 cm³/mol. The molecule has 0 bridgehead atoms. The Balaban J connectivity index is 1.29. The van der Waals surface area contributed by atoms with Crippen LogP contribution in [0.3, 0.4) is 0 Å². The highest BCUT2D eigenvalue weighted by molar-refractivity contribution is 8.01. The third-order valence-electron chi connectivity index (χ3n) is 7.40. The molecule has 3 aliphatic heterocycles. The fourth-order valence-electron chi connectivity index (χ4n) is 5.77. The van der Waals surface area contributed by atoms with Crippen LogP contribution in [0, 0.1) is 13.8 Å². The molecular weight excluding hydrogens is 498 g/mol. The highest BCUT2D eigenvalue weighted by Crippen LogP contribution is 2.51. The Morgan fingerprint density at radius 2 is 1.89 bits per heavy atom. The molecule has 196 valence electrons. The Bertz CT molecular complexity index is 1380. The highest BCUT2D eigenvalue weighted by atomic mass is 32.2. The van der Waals surface area contributed by atoms with E-state index in [9.17, 15) is 9.59 Å². The molecule has 0 radical (unpaired) electrons. The maximum absolute atomic E-state index is 13.6. The number of rotatable bonds is 5. The molecule has 0 aliphatic carbocycles. The van der Waals surface area contributed by atoms with Gasteiger partial charge in [-0.3, -0.25) is 9.69 Å². The molecule has 9 heteroatoms. The molecule has 0 saturated carbocycles. The number of nitrogens with zero attached hydrogens (tertiary/aromatic N) is 3. The van der Waals surface area contributed by atoms with E-state index in [2.05, 4.69) is 27.6 Å². The van der Waals surface area contributed by atoms with Gasteiger partial charge in [-0.05, 0) is 81.7 Å². The molecule has 2 aromatic carbocycles. The Kier molecular flexibility index (Phi) is 6.49. The van der Waals surface area contributed by atoms with Crippen LogP contribution in [0.2, 0.25) is 0 Å². The van der Waals surface area contributed by atoms with Gasteiger partial charge in [0, 0.05) is 24.3 Å². The number of hydrogen-bond acceptors (Lipinski definition) is 6. The first-order valence-corrected chi connectivity index (χ1v) is 13.9. The van der Waals surface area contributed by atoms with Gasteiger partial charge in [0.25, 0.3) is 0 Å². The number of urea groups is 1. The smallest absolute Gasteiger partial charge is 0.327 e. The number of nitrogens with one attached hydrogen (secondary N) is 2. The van der Waals surface area contributed by atoms with Crippen molar-refractivity contribution < 1.29 is 14.3 Å². The maximum Gasteiger partial charge on any atom is 0.327 e. The Hall–Kier alpha value is -3.56. The zero-order valence-electron chi connectivity index (χ0n) is 21.7. The third kappa shape index (κ3) is 4.50. The maximum atomic E-state index is 13.6. The van der Waals surface area contributed by atoms with Gasteiger partial charge in [0.05, 0.1) is 17.4 Å². The van der Waals surface area contributed by atoms with Crippen LogP contribution in [0.4, 0.5) is 16.2 Å². The lowest BCUT2D eigenvalue weighted by molar-refractivity contribution is -0.122. The molecule has 3 amide bonds. The van der Waals surface area contributed by atoms with Crippen molar-refractivity contribution in [1.82, 2.24) is 20.5 Å². The van der Waals surface area contributed by atoms with E-state index in [1.165, 1.54) is 11.8 Å². The number of aromatic nitrogens is 1. The lowest BCUT2D eigenvalue weighted by atomic mass is 9.98. The van der Waals surface area contributed by atoms with Crippen molar-refractivity contribution in [3.05, 3.63) is 71.4 Å². The zero-order valence-corrected chi connectivity index (χ0v) is 22.5. The molecule has 4 heterocycles. The summed E-state index contributed by atoms with van der Waals surface area (Å²) in [6.07, 6.45) is 3.75. The second kappa shape index (κ2) is 9.96. The Morgan fingerprint density at radius 1 is 1.13 bits per heavy atom. The van der Waals surface area contributed by atoms with Gasteiger partial charge >= 0.3 is 6.03 Å². The summed E-state index contributed by atoms with van der Waals surface area (Å²) in [7, 11) is 2.08. The van der Waals surface area contributed by atoms with Crippen molar-refractivity contribution in [3.63, 3.8) is 0 Å². The molecule has 6 rings (SSSR count). The van der Waals surface area contributed by atoms with Crippen molar-refractivity contribution in [2.24, 2.45) is 0 Å². The molecule has 3 aliphatic rings. The number of thioether (sulfide) groups is 1. The molecule has 3 aromatic rings. The van der Waals surface area contributed by atoms with Crippen molar-refractivity contribution in [2.75, 3.05) is 25.0 Å². The number of likely N-dealkylation sites (N-methyl/N-ethyl adjacent to an activating group) is 1. The van der Waals surface area contributed by atoms with Crippen molar-refractivity contribution in [2.45, 2.75) is 49.0 Å². The number of anilines is 2. The minimum absolute atomic E-state index is 0.0484. The number of carbonyl (C=O) groups excluding carboxylic acids is 2. The van der Waals surface area contributed by atoms with E-state index in [-0.39, 0.29) is 18.0 Å². The van der Waals surface area contributed by atoms with E-state index in [0.29, 0.717) is 5.75 Å². The van der Waals surface area contributed by atoms with E-state index >= 15 is 0 Å². The molecule has 1 aromatic heterocycles. The highest BCUT2D eigenvalue weighted by Gasteiger charge is 2.47. The zero-order chi connectivity index (χ0) is 26.4. The Labute approximate surface area is 226 Å². The molecule has 2 unspecified atom stereocenters. The van der Waals surface area contributed by atoms with Crippen LogP contribution in [0.15, 0.2) is 59.8 Å². The summed E-state index contributed by atoms with van der Waals surface area (Å²) in [6, 6.07) is 14.8. The first-order valence-electron chi connectivity index (χ1n) is 13.0. The quantitative estimate of drug-likeness (QED) is 0.480. The molecular formula is C29H31N5O3S. The van der Waals surface area contributed by atoms with E-state index in [4.69, 9.17) is 4.74 Å². The van der Waals surface area contributed by atoms with E-state index in [1.54, 1.807) is 11.1 Å². The van der Waals surface area contributed by atoms with Crippen molar-refractivity contribution in [1.29, 1.82) is 0 Å². The van der Waals surface area contributed by atoms with Gasteiger partial charge in [-0.2, -0.15) is 0 Å². The number of benzene rings is 2. The summed E-state index contributed by atoms with van der Waals surface area (Å²) in [5, 5.41) is 6.69. The van der Waals surface area contributed by atoms with Gasteiger partial charge in [0.1, 0.15) is 21.8 Å². The number of piperidine rings is 1. The standard InChI is InChI=1S/C29H31N5O3S/c1-17-14-21(37-20-9-5-4-6-10-20)15-18(2)25(17)34-22-11-12-30-28-23(22)24(32-29(34)36)26(38-28)27(35)31-19-8-7-13-33(3)16-19/h4-6,9-12,14-15,19,24,26H,7-8,13,16H2,1-3H3,(H,31,35)(H,32,36)/t19?,24?,26-/m1/s1. The average molecular weight is 530 g/mol. The average Bonchev–Trinajstić information content (AvgIpc) is 3.25. The van der Waals surface area contributed by atoms with E-state index < -0.39 is 11.3 Å². The van der Waals surface area contributed by atoms with Crippen LogP contribution >= 0.6 is 11.8 Å². The second-order valence-corrected chi connectivity index (χ2v) is 11.4. The number of aryl methyl sites for hydroxylation is 2. The summed E-state index contributed by atoms with van der Waals surface area (Å²) in [5.74, 6) is 1.42. The van der Waals surface area contributed by atoms with Crippen molar-refractivity contribution in [3.8, 4) is 11.5 Å². The van der Waals surface area contributed by atoms with Crippen LogP contribution in [0.25, 0.3) is 0 Å². The number of hydrogen-bond donors (Lipinski definition) is 2.